The zero-order chi connectivity index (χ0) is 11.6. The van der Waals surface area contributed by atoms with E-state index in [2.05, 4.69) is 4.18 Å². The van der Waals surface area contributed by atoms with Crippen molar-refractivity contribution in [2.45, 2.75) is 24.7 Å². The lowest BCUT2D eigenvalue weighted by atomic mass is 10.0. The third kappa shape index (κ3) is 3.72. The first kappa shape index (κ1) is 12.3. The van der Waals surface area contributed by atoms with Crippen LogP contribution in [0.4, 0.5) is 0 Å². The number of aliphatic carboxylic acids is 1. The molecule has 0 aromatic carbocycles. The van der Waals surface area contributed by atoms with Gasteiger partial charge in [-0.25, -0.2) is 8.98 Å². The van der Waals surface area contributed by atoms with Gasteiger partial charge in [0.1, 0.15) is 6.10 Å². The van der Waals surface area contributed by atoms with E-state index in [1.807, 2.05) is 0 Å². The molecule has 0 aromatic rings. The Kier molecular flexibility index (Phi) is 3.62. The molecule has 3 N–H and O–H groups in total. The van der Waals surface area contributed by atoms with Crippen LogP contribution >= 0.6 is 0 Å². The van der Waals surface area contributed by atoms with Gasteiger partial charge in [-0.1, -0.05) is 0 Å². The van der Waals surface area contributed by atoms with E-state index >= 15 is 0 Å². The summed E-state index contributed by atoms with van der Waals surface area (Å²) < 4.78 is 37.7. The van der Waals surface area contributed by atoms with Crippen LogP contribution in [0.25, 0.3) is 0 Å². The van der Waals surface area contributed by atoms with Crippen molar-refractivity contribution in [3.05, 3.63) is 0 Å². The second-order valence-corrected chi connectivity index (χ2v) is 4.07. The van der Waals surface area contributed by atoms with E-state index in [0.29, 0.717) is 0 Å². The van der Waals surface area contributed by atoms with Gasteiger partial charge in [-0.2, -0.15) is 8.42 Å². The van der Waals surface area contributed by atoms with Crippen LogP contribution in [-0.2, 0) is 24.1 Å². The molecule has 0 aliphatic carbocycles. The van der Waals surface area contributed by atoms with Gasteiger partial charge in [0.2, 0.25) is 0 Å². The molecular weight excluding hydrogens is 232 g/mol. The van der Waals surface area contributed by atoms with E-state index in [-0.39, 0.29) is 6.42 Å². The molecule has 0 saturated carbocycles. The second kappa shape index (κ2) is 4.41. The molecule has 1 saturated heterocycles. The first-order valence-corrected chi connectivity index (χ1v) is 5.34. The van der Waals surface area contributed by atoms with E-state index in [4.69, 9.17) is 14.4 Å². The lowest BCUT2D eigenvalue weighted by Gasteiger charge is -2.29. The summed E-state index contributed by atoms with van der Waals surface area (Å²) in [7, 11) is -4.68. The summed E-state index contributed by atoms with van der Waals surface area (Å²) in [5, 5.41) is 17.8. The molecule has 1 aliphatic heterocycles. The van der Waals surface area contributed by atoms with E-state index in [9.17, 15) is 18.3 Å². The van der Waals surface area contributed by atoms with Gasteiger partial charge in [-0.3, -0.25) is 4.55 Å². The van der Waals surface area contributed by atoms with Crippen molar-refractivity contribution in [1.82, 2.24) is 0 Å². The molecule has 15 heavy (non-hydrogen) atoms. The fourth-order valence-corrected chi connectivity index (χ4v) is 1.68. The average molecular weight is 242 g/mol. The van der Waals surface area contributed by atoms with Gasteiger partial charge in [-0.15, -0.1) is 0 Å². The Morgan fingerprint density at radius 3 is 2.47 bits per heavy atom. The Labute approximate surface area is 85.4 Å². The summed E-state index contributed by atoms with van der Waals surface area (Å²) >= 11 is 0. The highest BCUT2D eigenvalue weighted by Gasteiger charge is 2.36. The number of carboxylic acids is 1. The van der Waals surface area contributed by atoms with Crippen molar-refractivity contribution < 1.29 is 36.9 Å². The minimum Gasteiger partial charge on any atom is -0.479 e. The van der Waals surface area contributed by atoms with E-state index in [0.717, 1.165) is 0 Å². The molecule has 1 fully saturated rings. The summed E-state index contributed by atoms with van der Waals surface area (Å²) in [5.74, 6) is -1.25. The Balaban J connectivity index is 2.57. The quantitative estimate of drug-likeness (QED) is 0.505. The normalized spacial score (nSPS) is 32.5. The van der Waals surface area contributed by atoms with Gasteiger partial charge in [-0.05, 0) is 0 Å². The topological polar surface area (TPSA) is 130 Å². The van der Waals surface area contributed by atoms with Crippen LogP contribution in [-0.4, -0.2) is 54.1 Å². The number of hydrogen-bond acceptors (Lipinski definition) is 6. The number of rotatable bonds is 3. The van der Waals surface area contributed by atoms with E-state index < -0.39 is 41.3 Å². The van der Waals surface area contributed by atoms with Crippen LogP contribution in [0.2, 0.25) is 0 Å². The first-order valence-electron chi connectivity index (χ1n) is 3.98. The SMILES string of the molecule is O=C(O)[C@H]1C[C@H](O)[C@@H](OS(=O)(=O)O)CO1. The molecule has 0 bridgehead atoms. The van der Waals surface area contributed by atoms with Gasteiger partial charge in [0.25, 0.3) is 0 Å². The molecule has 0 unspecified atom stereocenters. The van der Waals surface area contributed by atoms with Gasteiger partial charge in [0.05, 0.1) is 12.7 Å². The Morgan fingerprint density at radius 2 is 2.07 bits per heavy atom. The van der Waals surface area contributed by atoms with Crippen molar-refractivity contribution in [3.8, 4) is 0 Å². The summed E-state index contributed by atoms with van der Waals surface area (Å²) in [4.78, 5) is 10.4. The molecule has 9 heteroatoms. The van der Waals surface area contributed by atoms with Crippen molar-refractivity contribution in [2.24, 2.45) is 0 Å². The number of carboxylic acid groups (broad SMARTS) is 1. The van der Waals surface area contributed by atoms with Gasteiger partial charge in [0.15, 0.2) is 6.10 Å². The molecule has 1 rings (SSSR count). The lowest BCUT2D eigenvalue weighted by Crippen LogP contribution is -2.46. The van der Waals surface area contributed by atoms with Crippen LogP contribution in [0, 0.1) is 0 Å². The van der Waals surface area contributed by atoms with Gasteiger partial charge in [0, 0.05) is 6.42 Å². The highest BCUT2D eigenvalue weighted by atomic mass is 32.3. The minimum atomic E-state index is -4.68. The molecule has 1 aliphatic rings. The Morgan fingerprint density at radius 1 is 1.47 bits per heavy atom. The predicted octanol–water partition coefficient (Wildman–Crippen LogP) is -1.59. The highest BCUT2D eigenvalue weighted by Crippen LogP contribution is 2.18. The van der Waals surface area contributed by atoms with Crippen LogP contribution < -0.4 is 0 Å². The molecule has 3 atom stereocenters. The number of aliphatic hydroxyl groups is 1. The summed E-state index contributed by atoms with van der Waals surface area (Å²) in [6.07, 6.45) is -4.09. The molecule has 1 heterocycles. The molecular formula is C6H10O8S. The fraction of sp³-hybridized carbons (Fsp3) is 0.833. The second-order valence-electron chi connectivity index (χ2n) is 3.03. The van der Waals surface area contributed by atoms with E-state index in [1.165, 1.54) is 0 Å². The van der Waals surface area contributed by atoms with Crippen molar-refractivity contribution in [3.63, 3.8) is 0 Å². The maximum Gasteiger partial charge on any atom is 0.397 e. The van der Waals surface area contributed by atoms with E-state index in [1.54, 1.807) is 0 Å². The van der Waals surface area contributed by atoms with Crippen LogP contribution in [0.15, 0.2) is 0 Å². The minimum absolute atomic E-state index is 0.296. The maximum absolute atomic E-state index is 10.4. The highest BCUT2D eigenvalue weighted by molar-refractivity contribution is 7.80. The van der Waals surface area contributed by atoms with Gasteiger partial charge < -0.3 is 14.9 Å². The summed E-state index contributed by atoms with van der Waals surface area (Å²) in [5.41, 5.74) is 0. The largest absolute Gasteiger partial charge is 0.479 e. The summed E-state index contributed by atoms with van der Waals surface area (Å²) in [6, 6.07) is 0. The molecule has 0 amide bonds. The van der Waals surface area contributed by atoms with Crippen LogP contribution in [0.5, 0.6) is 0 Å². The summed E-state index contributed by atoms with van der Waals surface area (Å²) in [6.45, 7) is -0.419. The van der Waals surface area contributed by atoms with Crippen LogP contribution in [0.1, 0.15) is 6.42 Å². The van der Waals surface area contributed by atoms with Gasteiger partial charge >= 0.3 is 16.4 Å². The first-order chi connectivity index (χ1) is 6.79. The zero-order valence-electron chi connectivity index (χ0n) is 7.44. The fourth-order valence-electron chi connectivity index (χ4n) is 1.18. The third-order valence-electron chi connectivity index (χ3n) is 1.87. The molecule has 88 valence electrons. The molecule has 0 aromatic heterocycles. The number of carbonyl (C=O) groups is 1. The average Bonchev–Trinajstić information content (AvgIpc) is 2.05. The monoisotopic (exact) mass is 242 g/mol. The smallest absolute Gasteiger partial charge is 0.397 e. The maximum atomic E-state index is 10.4. The lowest BCUT2D eigenvalue weighted by molar-refractivity contribution is -0.166. The number of hydrogen-bond donors (Lipinski definition) is 3. The zero-order valence-corrected chi connectivity index (χ0v) is 8.25. The molecule has 8 nitrogen and oxygen atoms in total. The Bertz CT molecular complexity index is 335. The third-order valence-corrected chi connectivity index (χ3v) is 2.36. The number of ether oxygens (including phenoxy) is 1. The van der Waals surface area contributed by atoms with Crippen molar-refractivity contribution in [2.75, 3.05) is 6.61 Å². The molecule has 0 spiro atoms. The molecule has 0 radical (unpaired) electrons. The Hall–Kier alpha value is -0.740. The number of aliphatic hydroxyl groups excluding tert-OH is 1. The van der Waals surface area contributed by atoms with Crippen LogP contribution in [0.3, 0.4) is 0 Å². The van der Waals surface area contributed by atoms with Crippen molar-refractivity contribution >= 4 is 16.4 Å². The standard InChI is InChI=1S/C6H10O8S/c7-3-1-4(6(8)9)13-2-5(3)14-15(10,11)12/h3-5,7H,1-2H2,(H,8,9)(H,10,11,12)/t3-,4+,5-/m0/s1. The predicted molar refractivity (Wildman–Crippen MR) is 44.4 cm³/mol. The van der Waals surface area contributed by atoms with Crippen molar-refractivity contribution in [1.29, 1.82) is 0 Å².